The van der Waals surface area contributed by atoms with Crippen molar-refractivity contribution < 1.29 is 9.15 Å². The van der Waals surface area contributed by atoms with Gasteiger partial charge in [0.1, 0.15) is 29.8 Å². The van der Waals surface area contributed by atoms with Crippen LogP contribution in [0.5, 0.6) is 5.75 Å². The van der Waals surface area contributed by atoms with Gasteiger partial charge >= 0.3 is 0 Å². The van der Waals surface area contributed by atoms with E-state index in [1.807, 2.05) is 43.3 Å². The Hall–Kier alpha value is -3.65. The van der Waals surface area contributed by atoms with E-state index in [-0.39, 0.29) is 0 Å². The maximum Gasteiger partial charge on any atom is 0.136 e. The Labute approximate surface area is 151 Å². The second kappa shape index (κ2) is 7.95. The number of nitrogens with zero attached hydrogens (tertiary/aromatic N) is 3. The zero-order valence-corrected chi connectivity index (χ0v) is 14.3. The highest BCUT2D eigenvalue weighted by molar-refractivity contribution is 5.85. The van der Waals surface area contributed by atoms with Gasteiger partial charge in [0.05, 0.1) is 5.56 Å². The largest absolute Gasteiger partial charge is 0.489 e. The van der Waals surface area contributed by atoms with Gasteiger partial charge in [0, 0.05) is 29.5 Å². The molecule has 0 aliphatic carbocycles. The van der Waals surface area contributed by atoms with Crippen LogP contribution >= 0.6 is 0 Å². The van der Waals surface area contributed by atoms with E-state index in [9.17, 15) is 5.26 Å². The van der Waals surface area contributed by atoms with E-state index in [1.165, 1.54) is 6.20 Å². The van der Waals surface area contributed by atoms with Crippen molar-refractivity contribution in [3.05, 3.63) is 72.2 Å². The number of aromatic nitrogens is 1. The number of allylic oxidation sites excluding steroid dienone is 2. The van der Waals surface area contributed by atoms with E-state index in [0.29, 0.717) is 17.9 Å². The molecule has 5 nitrogen and oxygen atoms in total. The predicted octanol–water partition coefficient (Wildman–Crippen LogP) is 4.91. The van der Waals surface area contributed by atoms with E-state index in [2.05, 4.69) is 22.8 Å². The smallest absolute Gasteiger partial charge is 0.136 e. The van der Waals surface area contributed by atoms with Crippen LogP contribution in [-0.4, -0.2) is 18.3 Å². The summed E-state index contributed by atoms with van der Waals surface area (Å²) < 4.78 is 11.7. The van der Waals surface area contributed by atoms with Gasteiger partial charge in [-0.3, -0.25) is 9.98 Å². The number of pyridine rings is 1. The fourth-order valence-electron chi connectivity index (χ4n) is 2.46. The molecule has 0 atom stereocenters. The summed E-state index contributed by atoms with van der Waals surface area (Å²) in [5.41, 5.74) is 3.00. The summed E-state index contributed by atoms with van der Waals surface area (Å²) in [5, 5.41) is 10.1. The van der Waals surface area contributed by atoms with Crippen molar-refractivity contribution in [3.8, 4) is 23.1 Å². The normalized spacial score (nSPS) is 11.6. The first kappa shape index (κ1) is 17.2. The van der Waals surface area contributed by atoms with Crippen molar-refractivity contribution >= 4 is 17.7 Å². The fraction of sp³-hybridized carbons (Fsp3) is 0.0952. The van der Waals surface area contributed by atoms with Crippen LogP contribution in [0, 0.1) is 11.3 Å². The molecule has 1 aromatic carbocycles. The SMILES string of the molecule is C=N/C=C\C=C(/C)COc1ccc2oc(-c3ccncc3C#N)cc2c1. The number of furan rings is 1. The molecule has 0 unspecified atom stereocenters. The highest BCUT2D eigenvalue weighted by atomic mass is 16.5. The molecule has 0 saturated carbocycles. The van der Waals surface area contributed by atoms with E-state index < -0.39 is 0 Å². The van der Waals surface area contributed by atoms with Crippen LogP contribution in [0.15, 0.2) is 76.1 Å². The number of hydrogen-bond donors (Lipinski definition) is 0. The van der Waals surface area contributed by atoms with Gasteiger partial charge in [-0.15, -0.1) is 0 Å². The predicted molar refractivity (Wildman–Crippen MR) is 102 cm³/mol. The zero-order valence-electron chi connectivity index (χ0n) is 14.3. The molecule has 0 N–H and O–H groups in total. The van der Waals surface area contributed by atoms with Gasteiger partial charge in [-0.2, -0.15) is 5.26 Å². The molecule has 0 fully saturated rings. The van der Waals surface area contributed by atoms with Gasteiger partial charge in [-0.25, -0.2) is 0 Å². The molecule has 0 saturated heterocycles. The van der Waals surface area contributed by atoms with Crippen LogP contribution in [-0.2, 0) is 0 Å². The molecule has 3 rings (SSSR count). The molecule has 0 bridgehead atoms. The van der Waals surface area contributed by atoms with Crippen molar-refractivity contribution in [2.45, 2.75) is 6.92 Å². The maximum atomic E-state index is 9.23. The minimum Gasteiger partial charge on any atom is -0.489 e. The molecule has 0 radical (unpaired) electrons. The minimum absolute atomic E-state index is 0.473. The number of nitriles is 1. The van der Waals surface area contributed by atoms with Crippen LogP contribution in [0.3, 0.4) is 0 Å². The van der Waals surface area contributed by atoms with Crippen LogP contribution in [0.4, 0.5) is 0 Å². The first-order chi connectivity index (χ1) is 12.7. The molecule has 2 aromatic heterocycles. The van der Waals surface area contributed by atoms with Crippen molar-refractivity contribution in [1.82, 2.24) is 4.98 Å². The Morgan fingerprint density at radius 3 is 3.08 bits per heavy atom. The molecule has 0 aliphatic rings. The second-order valence-electron chi connectivity index (χ2n) is 5.67. The molecule has 2 heterocycles. The van der Waals surface area contributed by atoms with Crippen LogP contribution < -0.4 is 4.74 Å². The van der Waals surface area contributed by atoms with Crippen molar-refractivity contribution in [1.29, 1.82) is 5.26 Å². The lowest BCUT2D eigenvalue weighted by molar-refractivity contribution is 0.352. The molecule has 0 amide bonds. The lowest BCUT2D eigenvalue weighted by atomic mass is 10.1. The molecule has 5 heteroatoms. The second-order valence-corrected chi connectivity index (χ2v) is 5.67. The third-order valence-electron chi connectivity index (χ3n) is 3.73. The van der Waals surface area contributed by atoms with Gasteiger partial charge in [-0.1, -0.05) is 6.08 Å². The number of fused-ring (bicyclic) bond motifs is 1. The molecular formula is C21H17N3O2. The monoisotopic (exact) mass is 343 g/mol. The summed E-state index contributed by atoms with van der Waals surface area (Å²) in [5.74, 6) is 1.38. The maximum absolute atomic E-state index is 9.23. The zero-order chi connectivity index (χ0) is 18.4. The summed E-state index contributed by atoms with van der Waals surface area (Å²) >= 11 is 0. The van der Waals surface area contributed by atoms with Crippen LogP contribution in [0.1, 0.15) is 12.5 Å². The van der Waals surface area contributed by atoms with Gasteiger partial charge < -0.3 is 9.15 Å². The van der Waals surface area contributed by atoms with E-state index in [1.54, 1.807) is 18.5 Å². The molecule has 128 valence electrons. The first-order valence-corrected chi connectivity index (χ1v) is 8.00. The highest BCUT2D eigenvalue weighted by Crippen LogP contribution is 2.31. The Morgan fingerprint density at radius 2 is 2.27 bits per heavy atom. The highest BCUT2D eigenvalue weighted by Gasteiger charge is 2.11. The topological polar surface area (TPSA) is 71.4 Å². The molecular weight excluding hydrogens is 326 g/mol. The standard InChI is InChI=1S/C21H17N3O2/c1-15(4-3-8-23-2)14-25-18-5-6-20-16(10-18)11-21(26-20)19-7-9-24-13-17(19)12-22/h3-11,13H,2,14H2,1H3/b8-3-,15-4+. The third kappa shape index (κ3) is 3.87. The van der Waals surface area contributed by atoms with E-state index in [0.717, 1.165) is 27.9 Å². The molecule has 0 spiro atoms. The Bertz CT molecular complexity index is 1040. The summed E-state index contributed by atoms with van der Waals surface area (Å²) in [6.45, 7) is 5.84. The summed E-state index contributed by atoms with van der Waals surface area (Å²) in [6.07, 6.45) is 8.54. The lowest BCUT2D eigenvalue weighted by Crippen LogP contribution is -1.98. The van der Waals surface area contributed by atoms with Gasteiger partial charge in [0.15, 0.2) is 0 Å². The summed E-state index contributed by atoms with van der Waals surface area (Å²) in [7, 11) is 0. The Morgan fingerprint density at radius 1 is 1.38 bits per heavy atom. The van der Waals surface area contributed by atoms with Crippen molar-refractivity contribution in [3.63, 3.8) is 0 Å². The van der Waals surface area contributed by atoms with Crippen molar-refractivity contribution in [2.75, 3.05) is 6.61 Å². The van der Waals surface area contributed by atoms with Crippen LogP contribution in [0.25, 0.3) is 22.3 Å². The number of ether oxygens (including phenoxy) is 1. The fourth-order valence-corrected chi connectivity index (χ4v) is 2.46. The average molecular weight is 343 g/mol. The molecule has 26 heavy (non-hydrogen) atoms. The first-order valence-electron chi connectivity index (χ1n) is 8.00. The van der Waals surface area contributed by atoms with Gasteiger partial charge in [0.25, 0.3) is 0 Å². The minimum atomic E-state index is 0.473. The quantitative estimate of drug-likeness (QED) is 0.471. The molecule has 0 aliphatic heterocycles. The third-order valence-corrected chi connectivity index (χ3v) is 3.73. The summed E-state index contributed by atoms with van der Waals surface area (Å²) in [6, 6.07) is 11.5. The van der Waals surface area contributed by atoms with E-state index in [4.69, 9.17) is 9.15 Å². The average Bonchev–Trinajstić information content (AvgIpc) is 3.09. The van der Waals surface area contributed by atoms with Crippen LogP contribution in [0.2, 0.25) is 0 Å². The Kier molecular flexibility index (Phi) is 5.25. The van der Waals surface area contributed by atoms with Gasteiger partial charge in [-0.05, 0) is 55.6 Å². The Balaban J connectivity index is 1.82. The number of rotatable bonds is 6. The summed E-state index contributed by atoms with van der Waals surface area (Å²) in [4.78, 5) is 7.62. The number of hydrogen-bond acceptors (Lipinski definition) is 5. The van der Waals surface area contributed by atoms with Crippen molar-refractivity contribution in [2.24, 2.45) is 4.99 Å². The number of aliphatic imine (C=N–C) groups is 1. The molecule has 3 aromatic rings. The van der Waals surface area contributed by atoms with Gasteiger partial charge in [0.2, 0.25) is 0 Å². The number of benzene rings is 1. The van der Waals surface area contributed by atoms with E-state index >= 15 is 0 Å². The lowest BCUT2D eigenvalue weighted by Gasteiger charge is -2.05.